The van der Waals surface area contributed by atoms with Crippen LogP contribution in [0.3, 0.4) is 0 Å². The van der Waals surface area contributed by atoms with E-state index in [2.05, 4.69) is 161 Å². The van der Waals surface area contributed by atoms with E-state index in [-0.39, 0.29) is 148 Å². The molecule has 3 aliphatic heterocycles. The molecule has 692 valence electrons. The number of Topliss-reactive ketones (excluding diaryl/α,β-unsaturated/α-hetero) is 1. The monoisotopic (exact) mass is 1820 g/mol. The van der Waals surface area contributed by atoms with Gasteiger partial charge in [0.25, 0.3) is 0 Å². The molecule has 3 heterocycles. The van der Waals surface area contributed by atoms with Crippen molar-refractivity contribution in [1.29, 1.82) is 0 Å². The fraction of sp³-hybridized carbons (Fsp3) is 0.730. The number of ketones is 2. The molecule has 0 bridgehead atoms. The first kappa shape index (κ1) is 97.8. The van der Waals surface area contributed by atoms with Crippen LogP contribution >= 0.6 is 0 Å². The van der Waals surface area contributed by atoms with Gasteiger partial charge in [0.15, 0.2) is 23.1 Å². The third kappa shape index (κ3) is 15.2. The second-order valence-corrected chi connectivity index (χ2v) is 45.5. The van der Waals surface area contributed by atoms with Crippen molar-refractivity contribution < 1.29 is 89.4 Å². The van der Waals surface area contributed by atoms with E-state index in [1.54, 1.807) is 6.08 Å². The Balaban J connectivity index is 0.000000121. The van der Waals surface area contributed by atoms with Crippen molar-refractivity contribution in [3.63, 3.8) is 0 Å². The maximum atomic E-state index is 12.4. The Labute approximate surface area is 793 Å². The number of carbonyl (C=O) groups excluding carboxylic acids is 4. The minimum Gasteiger partial charge on any atom is -1.00 e. The zero-order chi connectivity index (χ0) is 89.6. The normalized spacial score (nSPS) is 47.4. The zero-order valence-corrected chi connectivity index (χ0v) is 82.2. The molecular formula is C111H149BrMgO15. The molecule has 128 heavy (non-hydrogen) atoms. The van der Waals surface area contributed by atoms with E-state index in [0.29, 0.717) is 76.8 Å². The summed E-state index contributed by atoms with van der Waals surface area (Å²) in [7, 11) is 0. The number of allylic oxidation sites excluding steroid dienone is 12. The number of rotatable bonds is 2. The zero-order valence-electron chi connectivity index (χ0n) is 79.2. The molecule has 20 aliphatic carbocycles. The summed E-state index contributed by atoms with van der Waals surface area (Å²) in [5.41, 5.74) is 7.08. The van der Waals surface area contributed by atoms with Crippen LogP contribution in [0.25, 0.3) is 0 Å². The molecule has 18 fully saturated rings. The third-order valence-electron chi connectivity index (χ3n) is 41.3. The maximum absolute atomic E-state index is 12.4. The van der Waals surface area contributed by atoms with Gasteiger partial charge in [-0.25, -0.2) is 0 Å². The van der Waals surface area contributed by atoms with Crippen LogP contribution in [0.15, 0.2) is 119 Å². The molecule has 0 radical (unpaired) electrons. The molecule has 23 rings (SSSR count). The molecule has 15 saturated carbocycles. The second-order valence-electron chi connectivity index (χ2n) is 45.5. The summed E-state index contributed by atoms with van der Waals surface area (Å²) in [5.74, 6) is 12.1. The van der Waals surface area contributed by atoms with E-state index in [0.717, 1.165) is 160 Å². The average Bonchev–Trinajstić information content (AvgIpc) is 1.60. The van der Waals surface area contributed by atoms with E-state index in [9.17, 15) is 34.5 Å². The number of ether oxygens (including phenoxy) is 8. The summed E-state index contributed by atoms with van der Waals surface area (Å²) < 4.78 is 48.1. The van der Waals surface area contributed by atoms with Crippen molar-refractivity contribution >= 4 is 46.6 Å². The average molecular weight is 1830 g/mol. The van der Waals surface area contributed by atoms with Crippen LogP contribution in [0.2, 0.25) is 0 Å². The Morgan fingerprint density at radius 2 is 0.688 bits per heavy atom. The van der Waals surface area contributed by atoms with Crippen molar-refractivity contribution in [1.82, 2.24) is 0 Å². The van der Waals surface area contributed by atoms with Crippen molar-refractivity contribution in [3.05, 3.63) is 125 Å². The Hall–Kier alpha value is -4.75. The number of halogens is 1. The van der Waals surface area contributed by atoms with Crippen molar-refractivity contribution in [2.24, 2.45) is 143 Å². The van der Waals surface area contributed by atoms with E-state index >= 15 is 0 Å². The quantitative estimate of drug-likeness (QED) is 0.0774. The van der Waals surface area contributed by atoms with Gasteiger partial charge in [0.05, 0.1) is 51.8 Å². The number of hydrogen-bond acceptors (Lipinski definition) is 15. The van der Waals surface area contributed by atoms with E-state index in [1.165, 1.54) is 132 Å². The number of esters is 2. The van der Waals surface area contributed by atoms with E-state index in [1.807, 2.05) is 18.2 Å². The molecule has 0 aromatic rings. The van der Waals surface area contributed by atoms with Gasteiger partial charge in [-0.05, 0) is 292 Å². The number of aliphatic hydroxyl groups excluding tert-OH is 2. The molecule has 23 aliphatic rings. The fourth-order valence-corrected chi connectivity index (χ4v) is 34.7. The Bertz CT molecular complexity index is 4640. The van der Waals surface area contributed by atoms with Crippen LogP contribution in [-0.4, -0.2) is 149 Å². The van der Waals surface area contributed by atoms with Crippen LogP contribution in [-0.2, 0) is 57.1 Å². The van der Waals surface area contributed by atoms with Gasteiger partial charge in [-0.1, -0.05) is 158 Å². The SMILES string of the molecule is C#C.C#C[C@]1(O)CCC2C3CCC4=CC(O)C=C[C@]4(C)C3CC[C@@]21C.CC(=O)OC1C=C[C@@]2(C)C(=C1)CCC1C2CC[C@@]2(C)C1CCC21OCCO1.CC(=O)OC1C=C[C@@]2(C)C(=C1)CCC1C2CC[C@]2(C)C(=O)CCC12.C[C@]12C=CC(=O)C=C1CCC1C2CC[C@@]2(C)C1CCC21OCCO1.C[C@]12C=CC(O)C=C1CCC1C2CC[C@@]2(C)C1CCC21OCCO1.[Br-].[C-]#C.[Mg+2]. The summed E-state index contributed by atoms with van der Waals surface area (Å²) in [6.45, 7) is 31.2. The summed E-state index contributed by atoms with van der Waals surface area (Å²) >= 11 is 0. The first-order chi connectivity index (χ1) is 60.0. The van der Waals surface area contributed by atoms with E-state index < -0.39 is 11.7 Å². The summed E-state index contributed by atoms with van der Waals surface area (Å²) in [6.07, 6.45) is 87.1. The second kappa shape index (κ2) is 36.1. The number of carbonyl (C=O) groups is 4. The summed E-state index contributed by atoms with van der Waals surface area (Å²) in [4.78, 5) is 46.9. The van der Waals surface area contributed by atoms with Gasteiger partial charge >= 0.3 is 35.0 Å². The molecule has 3 saturated heterocycles. The molecular weight excluding hydrogens is 1680 g/mol. The van der Waals surface area contributed by atoms with Gasteiger partial charge in [0.2, 0.25) is 0 Å². The van der Waals surface area contributed by atoms with Gasteiger partial charge < -0.3 is 83.0 Å². The minimum atomic E-state index is -0.918. The molecule has 30 atom stereocenters. The molecule has 0 amide bonds. The predicted octanol–water partition coefficient (Wildman–Crippen LogP) is 17.0. The van der Waals surface area contributed by atoms with Gasteiger partial charge in [0.1, 0.15) is 23.6 Å². The van der Waals surface area contributed by atoms with Gasteiger partial charge in [-0.2, -0.15) is 0 Å². The predicted molar refractivity (Wildman–Crippen MR) is 493 cm³/mol. The Kier molecular flexibility index (Phi) is 27.5. The van der Waals surface area contributed by atoms with Gasteiger partial charge in [-0.15, -0.1) is 19.3 Å². The van der Waals surface area contributed by atoms with Crippen molar-refractivity contribution in [2.75, 3.05) is 39.6 Å². The summed E-state index contributed by atoms with van der Waals surface area (Å²) in [6, 6.07) is 0. The molecule has 0 aromatic heterocycles. The first-order valence-corrected chi connectivity index (χ1v) is 49.5. The van der Waals surface area contributed by atoms with Crippen molar-refractivity contribution in [2.45, 2.75) is 323 Å². The Morgan fingerprint density at radius 1 is 0.391 bits per heavy atom. The number of aliphatic hydroxyl groups is 3. The van der Waals surface area contributed by atoms with Crippen LogP contribution in [0.1, 0.15) is 276 Å². The van der Waals surface area contributed by atoms with Gasteiger partial charge in [0, 0.05) is 93.7 Å². The van der Waals surface area contributed by atoms with Crippen LogP contribution < -0.4 is 17.0 Å². The van der Waals surface area contributed by atoms with Crippen LogP contribution in [0.4, 0.5) is 0 Å². The maximum Gasteiger partial charge on any atom is 2.00 e. The molecule has 17 heteroatoms. The molecule has 19 unspecified atom stereocenters. The number of terminal acetylenes is 3. The van der Waals surface area contributed by atoms with Gasteiger partial charge in [-0.3, -0.25) is 19.2 Å². The molecule has 3 spiro atoms. The smallest absolute Gasteiger partial charge is 1.00 e. The molecule has 0 aromatic carbocycles. The fourth-order valence-electron chi connectivity index (χ4n) is 34.7. The number of fused-ring (bicyclic) bond motifs is 28. The third-order valence-corrected chi connectivity index (χ3v) is 41.3. The van der Waals surface area contributed by atoms with Crippen molar-refractivity contribution in [3.8, 4) is 31.6 Å². The van der Waals surface area contributed by atoms with Crippen LogP contribution in [0, 0.1) is 181 Å². The summed E-state index contributed by atoms with van der Waals surface area (Å²) in [5, 5.41) is 30.9. The van der Waals surface area contributed by atoms with Crippen LogP contribution in [0.5, 0.6) is 0 Å². The molecule has 15 nitrogen and oxygen atoms in total. The topological polar surface area (TPSA) is 203 Å². The Morgan fingerprint density at radius 3 is 1.05 bits per heavy atom. The minimum absolute atomic E-state index is 0. The van der Waals surface area contributed by atoms with E-state index in [4.69, 9.17) is 50.7 Å². The standard InChI is InChI=1S/C23H32O4.C21H30O3.2C21H28O3.C21H28O2.C2H2.C2H.BrH.Mg/c1-15(24)27-17-6-9-21(2)16(14-17)4-5-18-19(21)7-10-22(3)20(18)8-11-23(22)25-12-13-26-23;2*1-19-8-5-15(22)13-14(19)3-4-16-17(19)6-9-20(2)18(16)7-10-21(20)23-11-12-24-21;1-13(22)24-15-8-10-20(2)14(12-15)4-5-16-17-6-7-19(23)21(17,3)11-9-18(16)20;1-4-21(23)12-9-18-16-6-5-14-13-15(22)7-10-19(14,2)17(16)8-11-20(18,21)3;2*1-2;;/h6,9,14,17-20H,4-5,7-8,10-13H2,1-3H3;5,8,13,15-18,22H,3-4,6-7,9-12H2,1-2H3;5,8,13,16-18H,3-4,6-7,9-12H2,1-2H3;8,10,12,15-18H,4-7,9,11H2,1-3H3;1,7,10,13,15-18,22-23H,5-6,8-9,11-12H2,2-3H3;1-2H;1H;1H;/q;;;;;;-1;;+2/p-1/t17?,18?,19?,20?,21-,22-;15?,16?,17?,18?,19-,20-;16?,17?,18?,19-,20-;15?,16?,17?,18?,20-,21-;15?,16?,17?,18?,19-,20-,21-;;;;/m00000..../s1. The first-order valence-electron chi connectivity index (χ1n) is 49.5. The molecule has 3 N–H and O–H groups in total. The largest absolute Gasteiger partial charge is 2.00 e. The number of hydrogen-bond donors (Lipinski definition) is 3.